The molecule has 2 aromatic carbocycles. The first kappa shape index (κ1) is 18.1. The van der Waals surface area contributed by atoms with Crippen LogP contribution in [0.25, 0.3) is 0 Å². The van der Waals surface area contributed by atoms with Crippen molar-refractivity contribution in [1.82, 2.24) is 0 Å². The Kier molecular flexibility index (Phi) is 7.39. The minimum atomic E-state index is -0.184. The molecule has 1 amide bonds. The Labute approximate surface area is 146 Å². The first-order valence-electron chi connectivity index (χ1n) is 7.78. The number of para-hydroxylation sites is 3. The molecule has 0 radical (unpaired) electrons. The lowest BCUT2D eigenvalue weighted by molar-refractivity contribution is -0.114. The standard InChI is InChI=1S/C18H21ClN2O3/c1-2-23-11-12-24-17-10-6-5-9-16(17)21-18(22)13-20-15-8-4-3-7-14(15)19/h3-10,20H,2,11-13H2,1H3,(H,21,22). The number of nitrogens with one attached hydrogen (secondary N) is 2. The highest BCUT2D eigenvalue weighted by atomic mass is 35.5. The zero-order chi connectivity index (χ0) is 17.2. The molecular formula is C18H21ClN2O3. The number of benzene rings is 2. The Morgan fingerprint density at radius 1 is 1.04 bits per heavy atom. The topological polar surface area (TPSA) is 59.6 Å². The monoisotopic (exact) mass is 348 g/mol. The van der Waals surface area contributed by atoms with Crippen molar-refractivity contribution in [3.8, 4) is 5.75 Å². The van der Waals surface area contributed by atoms with Crippen LogP contribution in [-0.2, 0) is 9.53 Å². The van der Waals surface area contributed by atoms with Crippen molar-refractivity contribution in [3.05, 3.63) is 53.6 Å². The molecule has 0 aliphatic rings. The number of carbonyl (C=O) groups excluding carboxylic acids is 1. The summed E-state index contributed by atoms with van der Waals surface area (Å²) >= 11 is 6.05. The van der Waals surface area contributed by atoms with E-state index in [-0.39, 0.29) is 12.5 Å². The Balaban J connectivity index is 1.88. The van der Waals surface area contributed by atoms with Crippen LogP contribution in [0.3, 0.4) is 0 Å². The smallest absolute Gasteiger partial charge is 0.243 e. The molecule has 128 valence electrons. The van der Waals surface area contributed by atoms with E-state index in [0.29, 0.717) is 36.3 Å². The molecule has 2 rings (SSSR count). The van der Waals surface area contributed by atoms with Crippen LogP contribution in [0.1, 0.15) is 6.92 Å². The second-order valence-electron chi connectivity index (χ2n) is 4.92. The van der Waals surface area contributed by atoms with Gasteiger partial charge in [-0.15, -0.1) is 0 Å². The van der Waals surface area contributed by atoms with Crippen LogP contribution in [-0.4, -0.2) is 32.3 Å². The van der Waals surface area contributed by atoms with E-state index in [1.54, 1.807) is 12.1 Å². The second kappa shape index (κ2) is 9.80. The summed E-state index contributed by atoms with van der Waals surface area (Å²) in [4.78, 5) is 12.1. The number of ether oxygens (including phenoxy) is 2. The molecule has 0 saturated carbocycles. The first-order valence-corrected chi connectivity index (χ1v) is 8.16. The number of halogens is 1. The van der Waals surface area contributed by atoms with Gasteiger partial charge >= 0.3 is 0 Å². The van der Waals surface area contributed by atoms with Crippen LogP contribution in [0.2, 0.25) is 5.02 Å². The molecule has 5 nitrogen and oxygen atoms in total. The fourth-order valence-corrected chi connectivity index (χ4v) is 2.23. The molecule has 0 atom stereocenters. The van der Waals surface area contributed by atoms with Crippen LogP contribution in [0, 0.1) is 0 Å². The molecule has 0 aliphatic heterocycles. The fourth-order valence-electron chi connectivity index (χ4n) is 2.03. The highest BCUT2D eigenvalue weighted by Gasteiger charge is 2.08. The third kappa shape index (κ3) is 5.76. The first-order chi connectivity index (χ1) is 11.7. The zero-order valence-corrected chi connectivity index (χ0v) is 14.3. The van der Waals surface area contributed by atoms with Gasteiger partial charge in [-0.2, -0.15) is 0 Å². The minimum absolute atomic E-state index is 0.108. The largest absolute Gasteiger partial charge is 0.489 e. The summed E-state index contributed by atoms with van der Waals surface area (Å²) < 4.78 is 10.9. The van der Waals surface area contributed by atoms with Gasteiger partial charge in [-0.25, -0.2) is 0 Å². The van der Waals surface area contributed by atoms with Crippen LogP contribution in [0.4, 0.5) is 11.4 Å². The van der Waals surface area contributed by atoms with E-state index in [1.165, 1.54) is 0 Å². The molecule has 0 unspecified atom stereocenters. The van der Waals surface area contributed by atoms with Crippen LogP contribution in [0.5, 0.6) is 5.75 Å². The van der Waals surface area contributed by atoms with Crippen molar-refractivity contribution in [2.45, 2.75) is 6.92 Å². The van der Waals surface area contributed by atoms with Crippen molar-refractivity contribution in [2.24, 2.45) is 0 Å². The lowest BCUT2D eigenvalue weighted by Crippen LogP contribution is -2.22. The van der Waals surface area contributed by atoms with Crippen molar-refractivity contribution >= 4 is 28.9 Å². The number of hydrogen-bond donors (Lipinski definition) is 2. The summed E-state index contributed by atoms with van der Waals surface area (Å²) in [5.41, 5.74) is 1.34. The number of carbonyl (C=O) groups is 1. The van der Waals surface area contributed by atoms with Gasteiger partial charge in [0.05, 0.1) is 29.5 Å². The van der Waals surface area contributed by atoms with E-state index in [4.69, 9.17) is 21.1 Å². The van der Waals surface area contributed by atoms with Gasteiger partial charge in [-0.1, -0.05) is 35.9 Å². The predicted molar refractivity (Wildman–Crippen MR) is 97.0 cm³/mol. The van der Waals surface area contributed by atoms with Crippen LogP contribution in [0.15, 0.2) is 48.5 Å². The minimum Gasteiger partial charge on any atom is -0.489 e. The maximum Gasteiger partial charge on any atom is 0.243 e. The van der Waals surface area contributed by atoms with Gasteiger partial charge in [0.2, 0.25) is 5.91 Å². The molecule has 2 aromatic rings. The van der Waals surface area contributed by atoms with Gasteiger partial charge in [-0.3, -0.25) is 4.79 Å². The average molecular weight is 349 g/mol. The summed E-state index contributed by atoms with van der Waals surface area (Å²) in [5.74, 6) is 0.430. The van der Waals surface area contributed by atoms with Gasteiger partial charge in [0.25, 0.3) is 0 Å². The number of amides is 1. The SMILES string of the molecule is CCOCCOc1ccccc1NC(=O)CNc1ccccc1Cl. The molecule has 6 heteroatoms. The van der Waals surface area contributed by atoms with E-state index < -0.39 is 0 Å². The average Bonchev–Trinajstić information content (AvgIpc) is 2.59. The molecule has 0 spiro atoms. The van der Waals surface area contributed by atoms with Gasteiger partial charge in [0, 0.05) is 6.61 Å². The van der Waals surface area contributed by atoms with E-state index in [9.17, 15) is 4.79 Å². The summed E-state index contributed by atoms with van der Waals surface area (Å²) in [6, 6.07) is 14.6. The summed E-state index contributed by atoms with van der Waals surface area (Å²) in [5, 5.41) is 6.41. The molecule has 0 saturated heterocycles. The fraction of sp³-hybridized carbons (Fsp3) is 0.278. The third-order valence-corrected chi connectivity index (χ3v) is 3.49. The normalized spacial score (nSPS) is 10.2. The molecule has 0 fully saturated rings. The van der Waals surface area contributed by atoms with Crippen LogP contribution >= 0.6 is 11.6 Å². The van der Waals surface area contributed by atoms with E-state index in [1.807, 2.05) is 43.3 Å². The quantitative estimate of drug-likeness (QED) is 0.677. The Morgan fingerprint density at radius 2 is 1.75 bits per heavy atom. The van der Waals surface area contributed by atoms with Crippen LogP contribution < -0.4 is 15.4 Å². The molecule has 0 bridgehead atoms. The van der Waals surface area contributed by atoms with Crippen molar-refractivity contribution in [2.75, 3.05) is 37.0 Å². The third-order valence-electron chi connectivity index (χ3n) is 3.16. The molecule has 0 heterocycles. The Hall–Kier alpha value is -2.24. The lowest BCUT2D eigenvalue weighted by atomic mass is 10.3. The molecule has 0 aromatic heterocycles. The molecule has 24 heavy (non-hydrogen) atoms. The Bertz CT molecular complexity index is 664. The van der Waals surface area contributed by atoms with Gasteiger partial charge in [-0.05, 0) is 31.2 Å². The highest BCUT2D eigenvalue weighted by Crippen LogP contribution is 2.24. The van der Waals surface area contributed by atoms with Crippen molar-refractivity contribution in [3.63, 3.8) is 0 Å². The Morgan fingerprint density at radius 3 is 2.50 bits per heavy atom. The summed E-state index contributed by atoms with van der Waals surface area (Å²) in [6.45, 7) is 3.62. The number of hydrogen-bond acceptors (Lipinski definition) is 4. The van der Waals surface area contributed by atoms with Gasteiger partial charge in [0.15, 0.2) is 0 Å². The van der Waals surface area contributed by atoms with E-state index in [0.717, 1.165) is 5.69 Å². The highest BCUT2D eigenvalue weighted by molar-refractivity contribution is 6.33. The van der Waals surface area contributed by atoms with Crippen molar-refractivity contribution in [1.29, 1.82) is 0 Å². The molecule has 2 N–H and O–H groups in total. The van der Waals surface area contributed by atoms with E-state index >= 15 is 0 Å². The van der Waals surface area contributed by atoms with Gasteiger partial charge < -0.3 is 20.1 Å². The second-order valence-corrected chi connectivity index (χ2v) is 5.33. The van der Waals surface area contributed by atoms with E-state index in [2.05, 4.69) is 10.6 Å². The zero-order valence-electron chi connectivity index (χ0n) is 13.5. The van der Waals surface area contributed by atoms with Gasteiger partial charge in [0.1, 0.15) is 12.4 Å². The number of anilines is 2. The predicted octanol–water partition coefficient (Wildman–Crippen LogP) is 3.81. The van der Waals surface area contributed by atoms with Crippen molar-refractivity contribution < 1.29 is 14.3 Å². The maximum absolute atomic E-state index is 12.1. The number of rotatable bonds is 9. The summed E-state index contributed by atoms with van der Waals surface area (Å²) in [6.07, 6.45) is 0. The maximum atomic E-state index is 12.1. The molecule has 0 aliphatic carbocycles. The lowest BCUT2D eigenvalue weighted by Gasteiger charge is -2.13. The summed E-state index contributed by atoms with van der Waals surface area (Å²) in [7, 11) is 0. The molecular weight excluding hydrogens is 328 g/mol.